The Morgan fingerprint density at radius 1 is 1.35 bits per heavy atom. The van der Waals surface area contributed by atoms with Crippen LogP contribution in [0.5, 0.6) is 5.75 Å². The van der Waals surface area contributed by atoms with Gasteiger partial charge in [0.1, 0.15) is 5.75 Å². The van der Waals surface area contributed by atoms with Crippen molar-refractivity contribution in [3.8, 4) is 5.75 Å². The Morgan fingerprint density at radius 3 is 2.65 bits per heavy atom. The minimum absolute atomic E-state index is 0.0943. The van der Waals surface area contributed by atoms with Crippen LogP contribution in [-0.4, -0.2) is 29.6 Å². The van der Waals surface area contributed by atoms with Gasteiger partial charge in [0.05, 0.1) is 5.56 Å². The van der Waals surface area contributed by atoms with E-state index in [1.807, 2.05) is 0 Å². The van der Waals surface area contributed by atoms with E-state index in [1.165, 1.54) is 24.3 Å². The number of hydrogen-bond donors (Lipinski definition) is 3. The maximum absolute atomic E-state index is 11.4. The fraction of sp³-hybridized carbons (Fsp3) is 0.100. The Balaban J connectivity index is 2.50. The van der Waals surface area contributed by atoms with Gasteiger partial charge in [-0.1, -0.05) is 6.07 Å². The van der Waals surface area contributed by atoms with Crippen molar-refractivity contribution in [2.45, 2.75) is 0 Å². The lowest BCUT2D eigenvalue weighted by atomic mass is 10.2. The molecule has 1 aromatic carbocycles. The van der Waals surface area contributed by atoms with E-state index in [2.05, 4.69) is 10.5 Å². The molecule has 0 unspecified atom stereocenters. The van der Waals surface area contributed by atoms with Gasteiger partial charge in [-0.05, 0) is 18.2 Å². The molecule has 0 fully saturated rings. The number of imide groups is 1. The van der Waals surface area contributed by atoms with E-state index in [9.17, 15) is 14.4 Å². The topological polar surface area (TPSA) is 119 Å². The molecule has 0 radical (unpaired) electrons. The predicted molar refractivity (Wildman–Crippen MR) is 56.1 cm³/mol. The van der Waals surface area contributed by atoms with Crippen LogP contribution in [0, 0.1) is 0 Å². The summed E-state index contributed by atoms with van der Waals surface area (Å²) >= 11 is 0. The number of nitrogens with two attached hydrogens (primary N) is 1. The van der Waals surface area contributed by atoms with Gasteiger partial charge in [0.2, 0.25) is 0 Å². The third kappa shape index (κ3) is 4.20. The van der Waals surface area contributed by atoms with Gasteiger partial charge >= 0.3 is 12.0 Å². The highest BCUT2D eigenvalue weighted by atomic mass is 16.5. The largest absolute Gasteiger partial charge is 0.508 e. The molecular weight excluding hydrogens is 228 g/mol. The molecule has 1 aromatic rings. The summed E-state index contributed by atoms with van der Waals surface area (Å²) in [4.78, 5) is 32.6. The first-order chi connectivity index (χ1) is 7.99. The minimum Gasteiger partial charge on any atom is -0.508 e. The molecule has 7 nitrogen and oxygen atoms in total. The first kappa shape index (κ1) is 12.5. The summed E-state index contributed by atoms with van der Waals surface area (Å²) in [5, 5.41) is 10.8. The molecule has 0 saturated carbocycles. The zero-order valence-corrected chi connectivity index (χ0v) is 8.67. The number of carbonyl (C=O) groups is 3. The van der Waals surface area contributed by atoms with Crippen molar-refractivity contribution in [3.05, 3.63) is 29.8 Å². The quantitative estimate of drug-likeness (QED) is 0.627. The minimum atomic E-state index is -1.02. The molecule has 0 aliphatic carbocycles. The summed E-state index contributed by atoms with van der Waals surface area (Å²) in [6.45, 7) is -0.628. The summed E-state index contributed by atoms with van der Waals surface area (Å²) in [6.07, 6.45) is 0. The second-order valence-corrected chi connectivity index (χ2v) is 3.04. The number of carbonyl (C=O) groups excluding carboxylic acids is 3. The van der Waals surface area contributed by atoms with Gasteiger partial charge in [-0.2, -0.15) is 0 Å². The number of phenols is 1. The SMILES string of the molecule is NC(=O)NC(=O)COC(=O)c1cccc(O)c1. The van der Waals surface area contributed by atoms with Crippen LogP contribution in [0.1, 0.15) is 10.4 Å². The highest BCUT2D eigenvalue weighted by molar-refractivity contribution is 5.96. The number of urea groups is 1. The van der Waals surface area contributed by atoms with E-state index >= 15 is 0 Å². The Bertz CT molecular complexity index is 458. The van der Waals surface area contributed by atoms with Gasteiger partial charge in [0.15, 0.2) is 6.61 Å². The van der Waals surface area contributed by atoms with Gasteiger partial charge in [-0.15, -0.1) is 0 Å². The van der Waals surface area contributed by atoms with Crippen LogP contribution >= 0.6 is 0 Å². The second-order valence-electron chi connectivity index (χ2n) is 3.04. The highest BCUT2D eigenvalue weighted by Gasteiger charge is 2.11. The lowest BCUT2D eigenvalue weighted by Gasteiger charge is -2.04. The standard InChI is InChI=1S/C10H10N2O5/c11-10(16)12-8(14)5-17-9(15)6-2-1-3-7(13)4-6/h1-4,13H,5H2,(H3,11,12,14,16). The van der Waals surface area contributed by atoms with Crippen LogP contribution in [0.15, 0.2) is 24.3 Å². The molecule has 4 N–H and O–H groups in total. The predicted octanol–water partition coefficient (Wildman–Crippen LogP) is -0.256. The zero-order chi connectivity index (χ0) is 12.8. The van der Waals surface area contributed by atoms with Crippen LogP contribution in [0.4, 0.5) is 4.79 Å². The average Bonchev–Trinajstić information content (AvgIpc) is 2.25. The van der Waals surface area contributed by atoms with Gasteiger partial charge in [-0.3, -0.25) is 10.1 Å². The van der Waals surface area contributed by atoms with Crippen LogP contribution in [0.25, 0.3) is 0 Å². The van der Waals surface area contributed by atoms with Crippen molar-refractivity contribution in [2.75, 3.05) is 6.61 Å². The van der Waals surface area contributed by atoms with Crippen LogP contribution in [0.2, 0.25) is 0 Å². The summed E-state index contributed by atoms with van der Waals surface area (Å²) in [7, 11) is 0. The van der Waals surface area contributed by atoms with Crippen LogP contribution < -0.4 is 11.1 Å². The van der Waals surface area contributed by atoms with Crippen molar-refractivity contribution >= 4 is 17.9 Å². The summed E-state index contributed by atoms with van der Waals surface area (Å²) in [5.41, 5.74) is 4.78. The van der Waals surface area contributed by atoms with Gasteiger partial charge in [0.25, 0.3) is 5.91 Å². The number of nitrogens with one attached hydrogen (secondary N) is 1. The van der Waals surface area contributed by atoms with E-state index in [1.54, 1.807) is 5.32 Å². The maximum atomic E-state index is 11.4. The van der Waals surface area contributed by atoms with E-state index in [0.717, 1.165) is 0 Å². The summed E-state index contributed by atoms with van der Waals surface area (Å²) < 4.78 is 4.58. The van der Waals surface area contributed by atoms with E-state index in [4.69, 9.17) is 5.11 Å². The number of aromatic hydroxyl groups is 1. The number of ether oxygens (including phenoxy) is 1. The summed E-state index contributed by atoms with van der Waals surface area (Å²) in [6, 6.07) is 4.41. The Morgan fingerprint density at radius 2 is 2.06 bits per heavy atom. The number of primary amides is 1. The number of benzene rings is 1. The Kier molecular flexibility index (Phi) is 4.04. The van der Waals surface area contributed by atoms with Crippen LogP contribution in [0.3, 0.4) is 0 Å². The lowest BCUT2D eigenvalue weighted by Crippen LogP contribution is -2.37. The molecule has 90 valence electrons. The average molecular weight is 238 g/mol. The number of phenolic OH excluding ortho intramolecular Hbond substituents is 1. The third-order valence-electron chi connectivity index (χ3n) is 1.68. The third-order valence-corrected chi connectivity index (χ3v) is 1.68. The normalized spacial score (nSPS) is 9.41. The first-order valence-electron chi connectivity index (χ1n) is 4.54. The molecule has 17 heavy (non-hydrogen) atoms. The molecule has 1 rings (SSSR count). The molecule has 0 aliphatic rings. The molecule has 0 saturated heterocycles. The maximum Gasteiger partial charge on any atom is 0.338 e. The zero-order valence-electron chi connectivity index (χ0n) is 8.67. The van der Waals surface area contributed by atoms with E-state index in [0.29, 0.717) is 0 Å². The molecule has 0 aromatic heterocycles. The fourth-order valence-electron chi connectivity index (χ4n) is 1.02. The molecule has 0 spiro atoms. The van der Waals surface area contributed by atoms with Gasteiger partial charge in [-0.25, -0.2) is 9.59 Å². The second kappa shape index (κ2) is 5.50. The van der Waals surface area contributed by atoms with Gasteiger partial charge in [0, 0.05) is 0 Å². The van der Waals surface area contributed by atoms with Crippen molar-refractivity contribution in [1.29, 1.82) is 0 Å². The molecule has 0 atom stereocenters. The van der Waals surface area contributed by atoms with E-state index < -0.39 is 24.5 Å². The lowest BCUT2D eigenvalue weighted by molar-refractivity contribution is -0.123. The monoisotopic (exact) mass is 238 g/mol. The summed E-state index contributed by atoms with van der Waals surface area (Å²) in [5.74, 6) is -1.72. The number of rotatable bonds is 3. The number of hydrogen-bond acceptors (Lipinski definition) is 5. The highest BCUT2D eigenvalue weighted by Crippen LogP contribution is 2.11. The van der Waals surface area contributed by atoms with Crippen molar-refractivity contribution < 1.29 is 24.2 Å². The van der Waals surface area contributed by atoms with Gasteiger partial charge < -0.3 is 15.6 Å². The Labute approximate surface area is 96.2 Å². The number of esters is 1. The molecule has 3 amide bonds. The van der Waals surface area contributed by atoms with Crippen LogP contribution in [-0.2, 0) is 9.53 Å². The first-order valence-corrected chi connectivity index (χ1v) is 4.54. The fourth-order valence-corrected chi connectivity index (χ4v) is 1.02. The molecule has 0 aliphatic heterocycles. The Hall–Kier alpha value is -2.57. The van der Waals surface area contributed by atoms with Crippen molar-refractivity contribution in [3.63, 3.8) is 0 Å². The number of amides is 3. The van der Waals surface area contributed by atoms with Crippen molar-refractivity contribution in [2.24, 2.45) is 5.73 Å². The molecule has 0 bridgehead atoms. The molecular formula is C10H10N2O5. The smallest absolute Gasteiger partial charge is 0.338 e. The molecule has 0 heterocycles. The van der Waals surface area contributed by atoms with E-state index in [-0.39, 0.29) is 11.3 Å². The van der Waals surface area contributed by atoms with Crippen molar-refractivity contribution in [1.82, 2.24) is 5.32 Å². The molecule has 7 heteroatoms.